The molecule has 1 atom stereocenters. The molecule has 3 N–H and O–H groups in total. The van der Waals surface area contributed by atoms with Gasteiger partial charge in [-0.2, -0.15) is 0 Å². The van der Waals surface area contributed by atoms with Gasteiger partial charge < -0.3 is 20.1 Å². The van der Waals surface area contributed by atoms with E-state index in [9.17, 15) is 14.3 Å². The molecule has 176 valence electrons. The second-order valence-corrected chi connectivity index (χ2v) is 8.57. The summed E-state index contributed by atoms with van der Waals surface area (Å²) in [4.78, 5) is 16.4. The Kier molecular flexibility index (Phi) is 7.50. The minimum absolute atomic E-state index is 0.271. The summed E-state index contributed by atoms with van der Waals surface area (Å²) >= 11 is 6.15. The number of aliphatic hydroxyl groups excluding tert-OH is 1. The Balaban J connectivity index is 1.60. The van der Waals surface area contributed by atoms with Gasteiger partial charge in [0.2, 0.25) is 0 Å². The van der Waals surface area contributed by atoms with E-state index >= 15 is 0 Å². The third-order valence-corrected chi connectivity index (χ3v) is 5.83. The van der Waals surface area contributed by atoms with Gasteiger partial charge in [-0.1, -0.05) is 36.7 Å². The van der Waals surface area contributed by atoms with E-state index in [4.69, 9.17) is 16.3 Å². The van der Waals surface area contributed by atoms with Gasteiger partial charge in [-0.25, -0.2) is 4.39 Å². The maximum atomic E-state index is 13.7. The fourth-order valence-corrected chi connectivity index (χ4v) is 4.09. The summed E-state index contributed by atoms with van der Waals surface area (Å²) in [5.41, 5.74) is 3.68. The lowest BCUT2D eigenvalue weighted by Crippen LogP contribution is -2.39. The van der Waals surface area contributed by atoms with Crippen molar-refractivity contribution in [3.63, 3.8) is 0 Å². The number of amides is 1. The summed E-state index contributed by atoms with van der Waals surface area (Å²) in [6.07, 6.45) is 2.91. The predicted molar refractivity (Wildman–Crippen MR) is 133 cm³/mol. The number of carbonyl (C=O) groups is 1. The number of nitrogens with one attached hydrogen (secondary N) is 2. The van der Waals surface area contributed by atoms with Crippen LogP contribution in [0.25, 0.3) is 22.0 Å². The van der Waals surface area contributed by atoms with Gasteiger partial charge in [-0.3, -0.25) is 4.79 Å². The number of hydrogen-bond donors (Lipinski definition) is 3. The molecule has 0 fully saturated rings. The molecule has 7 heteroatoms. The average molecular weight is 481 g/mol. The van der Waals surface area contributed by atoms with E-state index in [1.54, 1.807) is 30.5 Å². The van der Waals surface area contributed by atoms with Crippen LogP contribution in [0.2, 0.25) is 5.02 Å². The molecule has 0 radical (unpaired) electrons. The topological polar surface area (TPSA) is 74.3 Å². The molecule has 1 amide bonds. The smallest absolute Gasteiger partial charge is 0.255 e. The molecule has 4 rings (SSSR count). The van der Waals surface area contributed by atoms with Crippen molar-refractivity contribution in [1.29, 1.82) is 0 Å². The van der Waals surface area contributed by atoms with Crippen molar-refractivity contribution in [2.75, 3.05) is 13.2 Å². The highest BCUT2D eigenvalue weighted by Gasteiger charge is 2.20. The number of aromatic nitrogens is 1. The van der Waals surface area contributed by atoms with Gasteiger partial charge in [0.1, 0.15) is 11.6 Å². The lowest BCUT2D eigenvalue weighted by atomic mass is 10.0. The van der Waals surface area contributed by atoms with Crippen LogP contribution < -0.4 is 10.1 Å². The summed E-state index contributed by atoms with van der Waals surface area (Å²) < 4.78 is 19.6. The van der Waals surface area contributed by atoms with E-state index in [2.05, 4.69) is 10.3 Å². The maximum Gasteiger partial charge on any atom is 0.255 e. The molecule has 0 saturated heterocycles. The number of benzene rings is 3. The molecule has 1 unspecified atom stereocenters. The second kappa shape index (κ2) is 10.7. The first-order valence-corrected chi connectivity index (χ1v) is 11.6. The Bertz CT molecular complexity index is 1300. The number of aromatic amines is 1. The number of hydrogen-bond acceptors (Lipinski definition) is 3. The van der Waals surface area contributed by atoms with E-state index in [0.29, 0.717) is 29.4 Å². The number of ether oxygens (including phenoxy) is 1. The van der Waals surface area contributed by atoms with Crippen LogP contribution in [0.15, 0.2) is 66.9 Å². The van der Waals surface area contributed by atoms with E-state index in [1.165, 1.54) is 12.1 Å². The highest BCUT2D eigenvalue weighted by Crippen LogP contribution is 2.29. The normalized spacial score (nSPS) is 12.0. The minimum Gasteiger partial charge on any atom is -0.493 e. The number of rotatable bonds is 9. The quantitative estimate of drug-likeness (QED) is 0.285. The van der Waals surface area contributed by atoms with Crippen LogP contribution in [0.1, 0.15) is 29.3 Å². The van der Waals surface area contributed by atoms with E-state index in [1.807, 2.05) is 31.2 Å². The molecule has 5 nitrogen and oxygen atoms in total. The summed E-state index contributed by atoms with van der Waals surface area (Å²) in [6.45, 7) is 2.19. The van der Waals surface area contributed by atoms with Crippen LogP contribution in [0.5, 0.6) is 5.75 Å². The monoisotopic (exact) mass is 480 g/mol. The van der Waals surface area contributed by atoms with Gasteiger partial charge in [0.05, 0.1) is 24.8 Å². The Morgan fingerprint density at radius 3 is 2.74 bits per heavy atom. The largest absolute Gasteiger partial charge is 0.493 e. The molecule has 0 aliphatic heterocycles. The van der Waals surface area contributed by atoms with E-state index in [-0.39, 0.29) is 18.3 Å². The van der Waals surface area contributed by atoms with Crippen molar-refractivity contribution < 1.29 is 19.0 Å². The highest BCUT2D eigenvalue weighted by atomic mass is 35.5. The number of aliphatic hydroxyl groups is 1. The number of fused-ring (bicyclic) bond motifs is 1. The standard InChI is InChI=1S/C27H26ClFN2O3/c1-2-10-34-26-9-6-18(17-4-3-5-20(28)11-17)13-24(26)27(33)31-22(16-32)12-19-15-30-25-8-7-21(29)14-23(19)25/h3-9,11,13-15,22,30,32H,2,10,12,16H2,1H3,(H,31,33). The Morgan fingerprint density at radius 2 is 1.97 bits per heavy atom. The van der Waals surface area contributed by atoms with Crippen molar-refractivity contribution >= 4 is 28.4 Å². The first-order chi connectivity index (χ1) is 16.5. The van der Waals surface area contributed by atoms with Gasteiger partial charge in [0.25, 0.3) is 5.91 Å². The molecular weight excluding hydrogens is 455 g/mol. The van der Waals surface area contributed by atoms with Crippen LogP contribution in [0.4, 0.5) is 4.39 Å². The van der Waals surface area contributed by atoms with Crippen molar-refractivity contribution in [1.82, 2.24) is 10.3 Å². The van der Waals surface area contributed by atoms with Gasteiger partial charge in [-0.05, 0) is 72.0 Å². The molecule has 0 bridgehead atoms. The lowest BCUT2D eigenvalue weighted by Gasteiger charge is -2.18. The zero-order chi connectivity index (χ0) is 24.1. The van der Waals surface area contributed by atoms with Crippen LogP contribution in [0.3, 0.4) is 0 Å². The summed E-state index contributed by atoms with van der Waals surface area (Å²) in [5.74, 6) is -0.232. The SMILES string of the molecule is CCCOc1ccc(-c2cccc(Cl)c2)cc1C(=O)NC(CO)Cc1c[nH]c2ccc(F)cc12. The molecule has 0 aliphatic rings. The zero-order valence-corrected chi connectivity index (χ0v) is 19.5. The van der Waals surface area contributed by atoms with Crippen molar-refractivity contribution in [2.24, 2.45) is 0 Å². The van der Waals surface area contributed by atoms with Crippen LogP contribution in [-0.4, -0.2) is 35.3 Å². The first-order valence-electron chi connectivity index (χ1n) is 11.2. The fourth-order valence-electron chi connectivity index (χ4n) is 3.90. The highest BCUT2D eigenvalue weighted by molar-refractivity contribution is 6.30. The van der Waals surface area contributed by atoms with Gasteiger partial charge in [-0.15, -0.1) is 0 Å². The van der Waals surface area contributed by atoms with E-state index < -0.39 is 6.04 Å². The predicted octanol–water partition coefficient (Wildman–Crippen LogP) is 5.75. The average Bonchev–Trinajstić information content (AvgIpc) is 3.23. The first kappa shape index (κ1) is 23.8. The molecule has 0 saturated carbocycles. The number of carbonyl (C=O) groups excluding carboxylic acids is 1. The minimum atomic E-state index is -0.566. The molecule has 4 aromatic rings. The van der Waals surface area contributed by atoms with Crippen LogP contribution >= 0.6 is 11.6 Å². The number of H-pyrrole nitrogens is 1. The molecule has 3 aromatic carbocycles. The summed E-state index contributed by atoms with van der Waals surface area (Å²) in [7, 11) is 0. The third-order valence-electron chi connectivity index (χ3n) is 5.60. The molecule has 1 heterocycles. The van der Waals surface area contributed by atoms with Crippen molar-refractivity contribution in [2.45, 2.75) is 25.8 Å². The van der Waals surface area contributed by atoms with Crippen LogP contribution in [0, 0.1) is 5.82 Å². The molecular formula is C27H26ClFN2O3. The van der Waals surface area contributed by atoms with Gasteiger partial charge in [0.15, 0.2) is 0 Å². The molecule has 0 spiro atoms. The van der Waals surface area contributed by atoms with Gasteiger partial charge >= 0.3 is 0 Å². The van der Waals surface area contributed by atoms with E-state index in [0.717, 1.165) is 34.0 Å². The van der Waals surface area contributed by atoms with Crippen molar-refractivity contribution in [3.8, 4) is 16.9 Å². The second-order valence-electron chi connectivity index (χ2n) is 8.13. The fraction of sp³-hybridized carbons (Fsp3) is 0.222. The summed E-state index contributed by atoms with van der Waals surface area (Å²) in [5, 5.41) is 14.2. The van der Waals surface area contributed by atoms with Crippen LogP contribution in [-0.2, 0) is 6.42 Å². The zero-order valence-electron chi connectivity index (χ0n) is 18.8. The molecule has 0 aliphatic carbocycles. The third kappa shape index (κ3) is 5.41. The Morgan fingerprint density at radius 1 is 1.15 bits per heavy atom. The van der Waals surface area contributed by atoms with Gasteiger partial charge in [0, 0.05) is 22.1 Å². The number of halogens is 2. The van der Waals surface area contributed by atoms with Crippen molar-refractivity contribution in [3.05, 3.63) is 88.8 Å². The Hall–Kier alpha value is -3.35. The summed E-state index contributed by atoms with van der Waals surface area (Å²) in [6, 6.07) is 16.8. The lowest BCUT2D eigenvalue weighted by molar-refractivity contribution is 0.0912. The Labute approximate surface area is 202 Å². The molecule has 34 heavy (non-hydrogen) atoms. The maximum absolute atomic E-state index is 13.7. The molecule has 1 aromatic heterocycles.